The van der Waals surface area contributed by atoms with Crippen LogP contribution >= 0.6 is 0 Å². The van der Waals surface area contributed by atoms with Crippen LogP contribution in [0, 0.1) is 11.6 Å². The number of hydrogen-bond donors (Lipinski definition) is 1. The highest BCUT2D eigenvalue weighted by Gasteiger charge is 2.49. The maximum absolute atomic E-state index is 14.4. The number of aliphatic hydroxyl groups excluding tert-OH is 1. The molecule has 122 valence electrons. The van der Waals surface area contributed by atoms with Crippen molar-refractivity contribution in [3.63, 3.8) is 0 Å². The van der Waals surface area contributed by atoms with Crippen LogP contribution < -0.4 is 0 Å². The minimum absolute atomic E-state index is 0.175. The topological polar surface area (TPSA) is 55.8 Å². The summed E-state index contributed by atoms with van der Waals surface area (Å²) in [5.74, 6) is -2.57. The van der Waals surface area contributed by atoms with E-state index in [4.69, 9.17) is 4.74 Å². The van der Waals surface area contributed by atoms with E-state index < -0.39 is 29.3 Å². The number of carbonyl (C=O) groups is 1. The summed E-state index contributed by atoms with van der Waals surface area (Å²) in [6, 6.07) is 10.8. The number of benzene rings is 2. The van der Waals surface area contributed by atoms with Gasteiger partial charge in [0.15, 0.2) is 11.7 Å². The van der Waals surface area contributed by atoms with Gasteiger partial charge in [0, 0.05) is 18.2 Å². The van der Waals surface area contributed by atoms with Crippen molar-refractivity contribution in [3.05, 3.63) is 71.3 Å². The van der Waals surface area contributed by atoms with E-state index in [1.807, 2.05) is 0 Å². The fraction of sp³-hybridized carbons (Fsp3) is 0.235. The van der Waals surface area contributed by atoms with Gasteiger partial charge < -0.3 is 14.6 Å². The average molecular weight is 322 g/mol. The second-order valence-corrected chi connectivity index (χ2v) is 4.83. The summed E-state index contributed by atoms with van der Waals surface area (Å²) in [7, 11) is 2.22. The molecule has 0 fully saturated rings. The van der Waals surface area contributed by atoms with Crippen LogP contribution in [0.1, 0.15) is 11.1 Å². The SMILES string of the molecule is COC(=O)C(O)C(OC)(c1ccccc1F)c1ccccc1F. The van der Waals surface area contributed by atoms with Crippen molar-refractivity contribution >= 4 is 5.97 Å². The maximum atomic E-state index is 14.4. The lowest BCUT2D eigenvalue weighted by Gasteiger charge is -2.36. The van der Waals surface area contributed by atoms with Crippen LogP contribution in [0.3, 0.4) is 0 Å². The van der Waals surface area contributed by atoms with E-state index in [2.05, 4.69) is 4.74 Å². The summed E-state index contributed by atoms with van der Waals surface area (Å²) < 4.78 is 38.6. The lowest BCUT2D eigenvalue weighted by atomic mass is 9.80. The molecule has 0 heterocycles. The molecule has 0 aliphatic rings. The second-order valence-electron chi connectivity index (χ2n) is 4.83. The van der Waals surface area contributed by atoms with Gasteiger partial charge in [-0.05, 0) is 12.1 Å². The van der Waals surface area contributed by atoms with Crippen LogP contribution in [0.15, 0.2) is 48.5 Å². The number of hydrogen-bond acceptors (Lipinski definition) is 4. The molecule has 4 nitrogen and oxygen atoms in total. The first-order valence-electron chi connectivity index (χ1n) is 6.80. The quantitative estimate of drug-likeness (QED) is 0.859. The molecule has 0 saturated heterocycles. The van der Waals surface area contributed by atoms with Gasteiger partial charge in [0.05, 0.1) is 7.11 Å². The molecule has 2 rings (SSSR count). The minimum atomic E-state index is -2.08. The summed E-state index contributed by atoms with van der Waals surface area (Å²) in [5, 5.41) is 10.5. The van der Waals surface area contributed by atoms with Gasteiger partial charge in [-0.15, -0.1) is 0 Å². The summed E-state index contributed by atoms with van der Waals surface area (Å²) in [6.07, 6.45) is -1.97. The number of aliphatic hydroxyl groups is 1. The van der Waals surface area contributed by atoms with Gasteiger partial charge in [0.1, 0.15) is 11.6 Å². The van der Waals surface area contributed by atoms with Crippen LogP contribution in [0.25, 0.3) is 0 Å². The number of esters is 1. The molecule has 0 aliphatic carbocycles. The Morgan fingerprint density at radius 3 is 1.78 bits per heavy atom. The normalized spacial score (nSPS) is 12.7. The molecular weight excluding hydrogens is 306 g/mol. The van der Waals surface area contributed by atoms with E-state index in [0.717, 1.165) is 26.4 Å². The van der Waals surface area contributed by atoms with Gasteiger partial charge in [-0.3, -0.25) is 0 Å². The highest BCUT2D eigenvalue weighted by Crippen LogP contribution is 2.39. The first-order valence-corrected chi connectivity index (χ1v) is 6.80. The number of rotatable bonds is 5. The Morgan fingerprint density at radius 2 is 1.43 bits per heavy atom. The van der Waals surface area contributed by atoms with E-state index >= 15 is 0 Å². The number of ether oxygens (including phenoxy) is 2. The largest absolute Gasteiger partial charge is 0.467 e. The molecule has 0 aliphatic heterocycles. The van der Waals surface area contributed by atoms with Crippen molar-refractivity contribution in [2.45, 2.75) is 11.7 Å². The first kappa shape index (κ1) is 17.1. The van der Waals surface area contributed by atoms with Gasteiger partial charge in [-0.1, -0.05) is 36.4 Å². The molecule has 0 radical (unpaired) electrons. The molecule has 0 bridgehead atoms. The van der Waals surface area contributed by atoms with E-state index in [1.54, 1.807) is 0 Å². The lowest BCUT2D eigenvalue weighted by molar-refractivity contribution is -0.167. The van der Waals surface area contributed by atoms with Gasteiger partial charge >= 0.3 is 5.97 Å². The van der Waals surface area contributed by atoms with E-state index in [1.165, 1.54) is 36.4 Å². The molecule has 0 saturated carbocycles. The van der Waals surface area contributed by atoms with Crippen molar-refractivity contribution < 1.29 is 28.2 Å². The summed E-state index contributed by atoms with van der Waals surface area (Å²) >= 11 is 0. The van der Waals surface area contributed by atoms with Gasteiger partial charge in [0.2, 0.25) is 0 Å². The number of halogens is 2. The van der Waals surface area contributed by atoms with E-state index in [-0.39, 0.29) is 11.1 Å². The van der Waals surface area contributed by atoms with Gasteiger partial charge in [-0.2, -0.15) is 0 Å². The van der Waals surface area contributed by atoms with Gasteiger partial charge in [0.25, 0.3) is 0 Å². The van der Waals surface area contributed by atoms with Crippen molar-refractivity contribution in [1.29, 1.82) is 0 Å². The van der Waals surface area contributed by atoms with Crippen LogP contribution in [-0.2, 0) is 19.9 Å². The minimum Gasteiger partial charge on any atom is -0.467 e. The molecule has 2 aromatic rings. The zero-order chi connectivity index (χ0) is 17.0. The predicted octanol–water partition coefficient (Wildman–Crippen LogP) is 2.39. The third-order valence-corrected chi connectivity index (χ3v) is 3.68. The Bertz CT molecular complexity index is 657. The van der Waals surface area contributed by atoms with Crippen LogP contribution in [0.4, 0.5) is 8.78 Å². The molecule has 0 aromatic heterocycles. The Balaban J connectivity index is 2.80. The first-order chi connectivity index (χ1) is 11.0. The maximum Gasteiger partial charge on any atom is 0.338 e. The number of methoxy groups -OCH3 is 2. The fourth-order valence-corrected chi connectivity index (χ4v) is 2.57. The highest BCUT2D eigenvalue weighted by atomic mass is 19.1. The summed E-state index contributed by atoms with van der Waals surface area (Å²) in [5.41, 5.74) is -2.43. The zero-order valence-electron chi connectivity index (χ0n) is 12.6. The molecule has 0 amide bonds. The third-order valence-electron chi connectivity index (χ3n) is 3.68. The predicted molar refractivity (Wildman–Crippen MR) is 78.6 cm³/mol. The van der Waals surface area contributed by atoms with Crippen molar-refractivity contribution in [2.24, 2.45) is 0 Å². The van der Waals surface area contributed by atoms with Crippen LogP contribution in [-0.4, -0.2) is 31.4 Å². The zero-order valence-corrected chi connectivity index (χ0v) is 12.6. The van der Waals surface area contributed by atoms with Crippen molar-refractivity contribution in [2.75, 3.05) is 14.2 Å². The number of carbonyl (C=O) groups excluding carboxylic acids is 1. The summed E-state index contributed by atoms with van der Waals surface area (Å²) in [4.78, 5) is 11.9. The smallest absolute Gasteiger partial charge is 0.338 e. The second kappa shape index (κ2) is 6.85. The average Bonchev–Trinajstić information content (AvgIpc) is 2.57. The molecule has 1 unspecified atom stereocenters. The Morgan fingerprint density at radius 1 is 1.00 bits per heavy atom. The molecule has 1 atom stereocenters. The standard InChI is InChI=1S/C17H16F2O4/c1-22-16(21)15(20)17(23-2,11-7-3-5-9-13(11)18)12-8-4-6-10-14(12)19/h3-10,15,20H,1-2H3. The third kappa shape index (κ3) is 2.83. The molecular formula is C17H16F2O4. The van der Waals surface area contributed by atoms with Crippen LogP contribution in [0.5, 0.6) is 0 Å². The van der Waals surface area contributed by atoms with E-state index in [9.17, 15) is 18.7 Å². The van der Waals surface area contributed by atoms with Gasteiger partial charge in [-0.25, -0.2) is 13.6 Å². The Hall–Kier alpha value is -2.31. The molecule has 6 heteroatoms. The van der Waals surface area contributed by atoms with Crippen molar-refractivity contribution in [3.8, 4) is 0 Å². The molecule has 23 heavy (non-hydrogen) atoms. The molecule has 0 spiro atoms. The Labute approximate surface area is 132 Å². The van der Waals surface area contributed by atoms with Crippen LogP contribution in [0.2, 0.25) is 0 Å². The van der Waals surface area contributed by atoms with Crippen molar-refractivity contribution in [1.82, 2.24) is 0 Å². The van der Waals surface area contributed by atoms with E-state index in [0.29, 0.717) is 0 Å². The fourth-order valence-electron chi connectivity index (χ4n) is 2.57. The molecule has 2 aromatic carbocycles. The highest BCUT2D eigenvalue weighted by molar-refractivity contribution is 5.77. The summed E-state index contributed by atoms with van der Waals surface area (Å²) in [6.45, 7) is 0. The lowest BCUT2D eigenvalue weighted by Crippen LogP contribution is -2.48. The Kier molecular flexibility index (Phi) is 5.08. The monoisotopic (exact) mass is 322 g/mol. The molecule has 1 N–H and O–H groups in total.